The monoisotopic (exact) mass is 308 g/mol. The van der Waals surface area contributed by atoms with Crippen LogP contribution in [0.2, 0.25) is 0 Å². The minimum Gasteiger partial charge on any atom is -0.492 e. The number of hydrogen-bond donors (Lipinski definition) is 2. The minimum atomic E-state index is -0.470. The van der Waals surface area contributed by atoms with Crippen molar-refractivity contribution < 1.29 is 14.3 Å². The van der Waals surface area contributed by atoms with Gasteiger partial charge in [-0.1, -0.05) is 12.1 Å². The van der Waals surface area contributed by atoms with Crippen LogP contribution < -0.4 is 15.4 Å². The quantitative estimate of drug-likeness (QED) is 0.760. The Morgan fingerprint density at radius 1 is 1.32 bits per heavy atom. The zero-order valence-corrected chi connectivity index (χ0v) is 14.2. The van der Waals surface area contributed by atoms with E-state index in [-0.39, 0.29) is 6.04 Å². The van der Waals surface area contributed by atoms with Crippen LogP contribution in [0.5, 0.6) is 5.75 Å². The molecule has 0 aromatic heterocycles. The molecule has 0 spiro atoms. The smallest absolute Gasteiger partial charge is 0.407 e. The summed E-state index contributed by atoms with van der Waals surface area (Å²) in [5.41, 5.74) is 0.711. The number of benzene rings is 1. The summed E-state index contributed by atoms with van der Waals surface area (Å²) in [5.74, 6) is 0.876. The lowest BCUT2D eigenvalue weighted by Gasteiger charge is -2.21. The van der Waals surface area contributed by atoms with Crippen LogP contribution in [0.1, 0.15) is 33.3 Å². The summed E-state index contributed by atoms with van der Waals surface area (Å²) < 4.78 is 10.8. The maximum Gasteiger partial charge on any atom is 0.407 e. The molecule has 0 saturated heterocycles. The van der Waals surface area contributed by atoms with Gasteiger partial charge in [-0.3, -0.25) is 0 Å². The lowest BCUT2D eigenvalue weighted by atomic mass is 10.2. The average Bonchev–Trinajstić information content (AvgIpc) is 2.39. The van der Waals surface area contributed by atoms with Gasteiger partial charge < -0.3 is 20.1 Å². The van der Waals surface area contributed by atoms with Crippen molar-refractivity contribution in [2.24, 2.45) is 0 Å². The van der Waals surface area contributed by atoms with Crippen LogP contribution in [0.15, 0.2) is 24.3 Å². The van der Waals surface area contributed by atoms with E-state index < -0.39 is 11.7 Å². The number of ether oxygens (including phenoxy) is 2. The molecular formula is C17H28N2O3. The first-order valence-electron chi connectivity index (χ1n) is 7.66. The molecule has 2 N–H and O–H groups in total. The maximum atomic E-state index is 11.5. The van der Waals surface area contributed by atoms with Gasteiger partial charge in [-0.05, 0) is 52.3 Å². The molecule has 5 nitrogen and oxygen atoms in total. The molecule has 0 fully saturated rings. The first-order chi connectivity index (χ1) is 10.3. The molecule has 1 rings (SSSR count). The molecule has 0 radical (unpaired) electrons. The zero-order chi connectivity index (χ0) is 16.6. The SMILES string of the molecule is Cc1cccc(OCCNC(C)CNC(=O)OC(C)(C)C)c1. The fraction of sp³-hybridized carbons (Fsp3) is 0.588. The predicted molar refractivity (Wildman–Crippen MR) is 88.4 cm³/mol. The second kappa shape index (κ2) is 8.63. The molecule has 5 heteroatoms. The van der Waals surface area contributed by atoms with E-state index >= 15 is 0 Å². The Morgan fingerprint density at radius 3 is 2.68 bits per heavy atom. The number of aryl methyl sites for hydroxylation is 1. The van der Waals surface area contributed by atoms with Crippen LogP contribution in [0, 0.1) is 6.92 Å². The van der Waals surface area contributed by atoms with Crippen molar-refractivity contribution >= 4 is 6.09 Å². The van der Waals surface area contributed by atoms with Crippen molar-refractivity contribution in [1.82, 2.24) is 10.6 Å². The number of carbonyl (C=O) groups excluding carboxylic acids is 1. The van der Waals surface area contributed by atoms with Gasteiger partial charge >= 0.3 is 6.09 Å². The summed E-state index contributed by atoms with van der Waals surface area (Å²) in [7, 11) is 0. The van der Waals surface area contributed by atoms with Crippen molar-refractivity contribution in [3.63, 3.8) is 0 Å². The third-order valence-electron chi connectivity index (χ3n) is 2.80. The van der Waals surface area contributed by atoms with E-state index in [2.05, 4.69) is 10.6 Å². The summed E-state index contributed by atoms with van der Waals surface area (Å²) in [5, 5.41) is 6.03. The molecular weight excluding hydrogens is 280 g/mol. The Morgan fingerprint density at radius 2 is 2.05 bits per heavy atom. The van der Waals surface area contributed by atoms with E-state index in [0.29, 0.717) is 19.7 Å². The zero-order valence-electron chi connectivity index (χ0n) is 14.2. The highest BCUT2D eigenvalue weighted by atomic mass is 16.6. The van der Waals surface area contributed by atoms with Crippen molar-refractivity contribution in [2.75, 3.05) is 19.7 Å². The Balaban J connectivity index is 2.13. The number of hydrogen-bond acceptors (Lipinski definition) is 4. The van der Waals surface area contributed by atoms with Crippen LogP contribution in [0.4, 0.5) is 4.79 Å². The van der Waals surface area contributed by atoms with Gasteiger partial charge in [0.1, 0.15) is 18.0 Å². The highest BCUT2D eigenvalue weighted by molar-refractivity contribution is 5.67. The second-order valence-corrected chi connectivity index (χ2v) is 6.40. The fourth-order valence-corrected chi connectivity index (χ4v) is 1.80. The highest BCUT2D eigenvalue weighted by Crippen LogP contribution is 2.11. The van der Waals surface area contributed by atoms with E-state index in [9.17, 15) is 4.79 Å². The normalized spacial score (nSPS) is 12.6. The first-order valence-corrected chi connectivity index (χ1v) is 7.66. The number of alkyl carbamates (subject to hydrolysis) is 1. The summed E-state index contributed by atoms with van der Waals surface area (Å²) in [6, 6.07) is 8.11. The lowest BCUT2D eigenvalue weighted by molar-refractivity contribution is 0.0523. The molecule has 0 aliphatic carbocycles. The summed E-state index contributed by atoms with van der Waals surface area (Å²) in [6.45, 7) is 11.4. The van der Waals surface area contributed by atoms with Gasteiger partial charge in [0.15, 0.2) is 0 Å². The van der Waals surface area contributed by atoms with Gasteiger partial charge in [0.05, 0.1) is 0 Å². The third kappa shape index (κ3) is 8.52. The predicted octanol–water partition coefficient (Wildman–Crippen LogP) is 2.88. The van der Waals surface area contributed by atoms with Crippen LogP contribution in [-0.4, -0.2) is 37.4 Å². The topological polar surface area (TPSA) is 59.6 Å². The summed E-state index contributed by atoms with van der Waals surface area (Å²) >= 11 is 0. The van der Waals surface area contributed by atoms with E-state index in [1.165, 1.54) is 5.56 Å². The second-order valence-electron chi connectivity index (χ2n) is 6.40. The van der Waals surface area contributed by atoms with Crippen LogP contribution in [-0.2, 0) is 4.74 Å². The molecule has 1 amide bonds. The summed E-state index contributed by atoms with van der Waals surface area (Å²) in [6.07, 6.45) is -0.392. The minimum absolute atomic E-state index is 0.147. The Labute approximate surface area is 133 Å². The number of rotatable bonds is 7. The lowest BCUT2D eigenvalue weighted by Crippen LogP contribution is -2.42. The summed E-state index contributed by atoms with van der Waals surface area (Å²) in [4.78, 5) is 11.5. The van der Waals surface area contributed by atoms with Gasteiger partial charge in [0.2, 0.25) is 0 Å². The highest BCUT2D eigenvalue weighted by Gasteiger charge is 2.16. The maximum absolute atomic E-state index is 11.5. The van der Waals surface area contributed by atoms with Crippen molar-refractivity contribution in [3.05, 3.63) is 29.8 Å². The Kier molecular flexibility index (Phi) is 7.18. The van der Waals surface area contributed by atoms with Crippen molar-refractivity contribution in [3.8, 4) is 5.75 Å². The van der Waals surface area contributed by atoms with Crippen LogP contribution in [0.3, 0.4) is 0 Å². The van der Waals surface area contributed by atoms with Crippen LogP contribution in [0.25, 0.3) is 0 Å². The molecule has 1 aromatic rings. The van der Waals surface area contributed by atoms with Crippen molar-refractivity contribution in [1.29, 1.82) is 0 Å². The molecule has 0 aliphatic rings. The number of amides is 1. The van der Waals surface area contributed by atoms with Gasteiger partial charge in [0, 0.05) is 19.1 Å². The first kappa shape index (κ1) is 18.3. The molecule has 0 bridgehead atoms. The molecule has 0 aliphatic heterocycles. The Hall–Kier alpha value is -1.75. The molecule has 1 aromatic carbocycles. The molecule has 1 atom stereocenters. The van der Waals surface area contributed by atoms with Gasteiger partial charge in [-0.25, -0.2) is 4.79 Å². The number of carbonyl (C=O) groups is 1. The Bertz CT molecular complexity index is 469. The van der Waals surface area contributed by atoms with Gasteiger partial charge in [-0.15, -0.1) is 0 Å². The van der Waals surface area contributed by atoms with Crippen LogP contribution >= 0.6 is 0 Å². The molecule has 124 valence electrons. The molecule has 0 saturated carbocycles. The molecule has 22 heavy (non-hydrogen) atoms. The third-order valence-corrected chi connectivity index (χ3v) is 2.80. The number of nitrogens with one attached hydrogen (secondary N) is 2. The van der Waals surface area contributed by atoms with Gasteiger partial charge in [0.25, 0.3) is 0 Å². The van der Waals surface area contributed by atoms with E-state index in [1.807, 2.05) is 58.9 Å². The standard InChI is InChI=1S/C17H28N2O3/c1-13-7-6-8-15(11-13)21-10-9-18-14(2)12-19-16(20)22-17(3,4)5/h6-8,11,14,18H,9-10,12H2,1-5H3,(H,19,20). The van der Waals surface area contributed by atoms with E-state index in [0.717, 1.165) is 5.75 Å². The fourth-order valence-electron chi connectivity index (χ4n) is 1.80. The van der Waals surface area contributed by atoms with Crippen molar-refractivity contribution in [2.45, 2.75) is 46.3 Å². The van der Waals surface area contributed by atoms with Gasteiger partial charge in [-0.2, -0.15) is 0 Å². The van der Waals surface area contributed by atoms with E-state index in [4.69, 9.17) is 9.47 Å². The largest absolute Gasteiger partial charge is 0.492 e. The average molecular weight is 308 g/mol. The molecule has 1 unspecified atom stereocenters. The van der Waals surface area contributed by atoms with E-state index in [1.54, 1.807) is 0 Å². The molecule has 0 heterocycles.